The predicted octanol–water partition coefficient (Wildman–Crippen LogP) is 6.93. The first kappa shape index (κ1) is 29.1. The topological polar surface area (TPSA) is 106 Å². The van der Waals surface area contributed by atoms with Gasteiger partial charge in [-0.25, -0.2) is 4.79 Å². The maximum Gasteiger partial charge on any atom is 0.407 e. The van der Waals surface area contributed by atoms with E-state index in [1.165, 1.54) is 11.1 Å². The molecule has 0 saturated heterocycles. The summed E-state index contributed by atoms with van der Waals surface area (Å²) in [5.41, 5.74) is 4.13. The van der Waals surface area contributed by atoms with E-state index in [2.05, 4.69) is 42.7 Å². The second-order valence-electron chi connectivity index (χ2n) is 9.70. The third-order valence-electron chi connectivity index (χ3n) is 6.64. The van der Waals surface area contributed by atoms with Gasteiger partial charge in [-0.05, 0) is 60.4 Å². The second kappa shape index (κ2) is 14.5. The summed E-state index contributed by atoms with van der Waals surface area (Å²) in [4.78, 5) is 25.5. The first-order valence-corrected chi connectivity index (χ1v) is 14.5. The Morgan fingerprint density at radius 3 is 2.67 bits per heavy atom. The molecule has 1 aliphatic rings. The number of carboxylic acids is 1. The normalized spacial score (nSPS) is 13.3. The van der Waals surface area contributed by atoms with Crippen LogP contribution in [0, 0.1) is 6.92 Å². The van der Waals surface area contributed by atoms with Crippen LogP contribution >= 0.6 is 11.8 Å². The van der Waals surface area contributed by atoms with Crippen molar-refractivity contribution in [3.8, 4) is 11.5 Å². The fraction of sp³-hybridized carbons (Fsp3) is 0.355. The summed E-state index contributed by atoms with van der Waals surface area (Å²) < 4.78 is 16.6. The van der Waals surface area contributed by atoms with E-state index in [0.29, 0.717) is 22.8 Å². The van der Waals surface area contributed by atoms with Crippen molar-refractivity contribution in [1.82, 2.24) is 5.32 Å². The van der Waals surface area contributed by atoms with Gasteiger partial charge in [0.15, 0.2) is 11.5 Å². The molecule has 0 saturated carbocycles. The molecule has 212 valence electrons. The van der Waals surface area contributed by atoms with Crippen LogP contribution in [0.3, 0.4) is 0 Å². The number of alkyl carbamates (subject to hydrolysis) is 1. The number of hydrogen-bond donors (Lipinski definition) is 3. The summed E-state index contributed by atoms with van der Waals surface area (Å²) in [5, 5.41) is 15.7. The Balaban J connectivity index is 1.35. The Bertz CT molecular complexity index is 1300. The molecule has 1 aliphatic heterocycles. The number of anilines is 1. The Labute approximate surface area is 239 Å². The molecule has 2 atom stereocenters. The van der Waals surface area contributed by atoms with Crippen molar-refractivity contribution in [3.63, 3.8) is 0 Å². The smallest absolute Gasteiger partial charge is 0.407 e. The molecule has 1 amide bonds. The molecule has 0 aliphatic carbocycles. The van der Waals surface area contributed by atoms with Crippen molar-refractivity contribution in [1.29, 1.82) is 0 Å². The molecule has 0 spiro atoms. The average molecular weight is 565 g/mol. The van der Waals surface area contributed by atoms with Gasteiger partial charge in [-0.2, -0.15) is 0 Å². The van der Waals surface area contributed by atoms with E-state index in [1.54, 1.807) is 30.0 Å². The lowest BCUT2D eigenvalue weighted by atomic mass is 10.0. The molecular formula is C31H36N2O6S. The van der Waals surface area contributed by atoms with Crippen LogP contribution < -0.4 is 20.1 Å². The summed E-state index contributed by atoms with van der Waals surface area (Å²) in [6.07, 6.45) is 1.36. The number of fused-ring (bicyclic) bond motifs is 1. The van der Waals surface area contributed by atoms with Gasteiger partial charge in [-0.1, -0.05) is 56.2 Å². The first-order chi connectivity index (χ1) is 19.4. The fourth-order valence-electron chi connectivity index (χ4n) is 4.38. The Morgan fingerprint density at radius 1 is 1.05 bits per heavy atom. The van der Waals surface area contributed by atoms with Gasteiger partial charge in [-0.15, -0.1) is 11.8 Å². The van der Waals surface area contributed by atoms with Gasteiger partial charge < -0.3 is 30.0 Å². The van der Waals surface area contributed by atoms with Gasteiger partial charge in [-0.3, -0.25) is 4.79 Å². The van der Waals surface area contributed by atoms with E-state index >= 15 is 0 Å². The van der Waals surface area contributed by atoms with E-state index in [0.717, 1.165) is 36.4 Å². The quantitative estimate of drug-likeness (QED) is 0.181. The number of ether oxygens (including phenoxy) is 3. The number of carboxylic acid groups (broad SMARTS) is 1. The maximum atomic E-state index is 12.9. The average Bonchev–Trinajstić information content (AvgIpc) is 3.42. The molecule has 3 N–H and O–H groups in total. The van der Waals surface area contributed by atoms with Crippen molar-refractivity contribution in [3.05, 3.63) is 83.4 Å². The van der Waals surface area contributed by atoms with E-state index in [9.17, 15) is 14.7 Å². The van der Waals surface area contributed by atoms with Crippen LogP contribution in [0.25, 0.3) is 0 Å². The van der Waals surface area contributed by atoms with E-state index in [1.807, 2.05) is 30.3 Å². The number of carbonyl (C=O) groups excluding carboxylic acids is 1. The third kappa shape index (κ3) is 8.58. The molecule has 0 radical (unpaired) electrons. The summed E-state index contributed by atoms with van der Waals surface area (Å²) in [6.45, 7) is 5.05. The van der Waals surface area contributed by atoms with Gasteiger partial charge >= 0.3 is 12.1 Å². The number of unbranched alkanes of at least 4 members (excludes halogenated alkanes) is 1. The number of thioether (sulfide) groups is 1. The largest absolute Gasteiger partial charge is 0.481 e. The van der Waals surface area contributed by atoms with Crippen LogP contribution in [0.4, 0.5) is 10.5 Å². The summed E-state index contributed by atoms with van der Waals surface area (Å²) in [7, 11) is 0. The Hall–Kier alpha value is -3.85. The highest BCUT2D eigenvalue weighted by atomic mass is 32.2. The molecule has 4 rings (SSSR count). The number of rotatable bonds is 14. The molecule has 3 aromatic carbocycles. The minimum absolute atomic E-state index is 0.111. The van der Waals surface area contributed by atoms with Crippen molar-refractivity contribution < 1.29 is 28.9 Å². The van der Waals surface area contributed by atoms with Crippen LogP contribution in [0.2, 0.25) is 0 Å². The number of aliphatic carboxylic acids is 1. The summed E-state index contributed by atoms with van der Waals surface area (Å²) in [5.74, 6) is 0.668. The number of benzene rings is 3. The molecule has 0 aromatic heterocycles. The highest BCUT2D eigenvalue weighted by Gasteiger charge is 2.24. The van der Waals surface area contributed by atoms with E-state index < -0.39 is 18.1 Å². The molecule has 1 heterocycles. The molecule has 0 bridgehead atoms. The molecule has 8 nitrogen and oxygen atoms in total. The monoisotopic (exact) mass is 564 g/mol. The molecule has 1 unspecified atom stereocenters. The minimum Gasteiger partial charge on any atom is -0.481 e. The predicted molar refractivity (Wildman–Crippen MR) is 156 cm³/mol. The lowest BCUT2D eigenvalue weighted by Crippen LogP contribution is -2.34. The highest BCUT2D eigenvalue weighted by Crippen LogP contribution is 2.35. The zero-order valence-corrected chi connectivity index (χ0v) is 23.7. The van der Waals surface area contributed by atoms with Crippen LogP contribution in [-0.4, -0.2) is 35.8 Å². The number of aryl methyl sites for hydroxylation is 1. The van der Waals surface area contributed by atoms with Crippen molar-refractivity contribution in [2.45, 2.75) is 63.1 Å². The zero-order valence-electron chi connectivity index (χ0n) is 22.9. The lowest BCUT2D eigenvalue weighted by molar-refractivity contribution is -0.137. The van der Waals surface area contributed by atoms with E-state index in [-0.39, 0.29) is 19.3 Å². The van der Waals surface area contributed by atoms with Crippen LogP contribution in [0.1, 0.15) is 55.3 Å². The van der Waals surface area contributed by atoms with Gasteiger partial charge in [0.1, 0.15) is 6.10 Å². The number of nitrogens with one attached hydrogen (secondary N) is 2. The number of amides is 1. The maximum absolute atomic E-state index is 12.9. The second-order valence-corrected chi connectivity index (χ2v) is 10.8. The standard InChI is InChI=1S/C31H36N2O6S/c1-3-4-11-25(19-40-26-12-7-10-24(16-26)32-18-23-9-6-5-8-21(23)2)39-31(36)33-27(17-30(34)35)22-13-14-28-29(15-22)38-20-37-28/h5-10,12-16,25,27,32H,3-4,11,17-20H2,1-2H3,(H,33,36)(H,34,35)/t25?,27-/m0/s1. The van der Waals surface area contributed by atoms with Crippen molar-refractivity contribution >= 4 is 29.5 Å². The molecule has 3 aromatic rings. The Morgan fingerprint density at radius 2 is 1.88 bits per heavy atom. The van der Waals surface area contributed by atoms with Crippen molar-refractivity contribution in [2.24, 2.45) is 0 Å². The van der Waals surface area contributed by atoms with Gasteiger partial charge in [0, 0.05) is 22.9 Å². The SMILES string of the molecule is CCCCC(CSc1cccc(NCc2ccccc2C)c1)OC(=O)N[C@@H](CC(=O)O)c1ccc2c(c1)OCO2. The number of carbonyl (C=O) groups is 2. The lowest BCUT2D eigenvalue weighted by Gasteiger charge is -2.22. The van der Waals surface area contributed by atoms with Gasteiger partial charge in [0.05, 0.1) is 12.5 Å². The van der Waals surface area contributed by atoms with Crippen molar-refractivity contribution in [2.75, 3.05) is 17.9 Å². The number of hydrogen-bond acceptors (Lipinski definition) is 7. The van der Waals surface area contributed by atoms with Gasteiger partial charge in [0.2, 0.25) is 6.79 Å². The third-order valence-corrected chi connectivity index (χ3v) is 7.76. The summed E-state index contributed by atoms with van der Waals surface area (Å²) >= 11 is 1.63. The highest BCUT2D eigenvalue weighted by molar-refractivity contribution is 7.99. The summed E-state index contributed by atoms with van der Waals surface area (Å²) in [6, 6.07) is 20.9. The molecule has 9 heteroatoms. The fourth-order valence-corrected chi connectivity index (χ4v) is 5.38. The van der Waals surface area contributed by atoms with Gasteiger partial charge in [0.25, 0.3) is 0 Å². The molecule has 0 fully saturated rings. The van der Waals surface area contributed by atoms with Crippen LogP contribution in [-0.2, 0) is 16.1 Å². The van der Waals surface area contributed by atoms with Crippen LogP contribution in [0.5, 0.6) is 11.5 Å². The molecule has 40 heavy (non-hydrogen) atoms. The first-order valence-electron chi connectivity index (χ1n) is 13.5. The van der Waals surface area contributed by atoms with Crippen LogP contribution in [0.15, 0.2) is 71.6 Å². The molecular weight excluding hydrogens is 528 g/mol. The Kier molecular flexibility index (Phi) is 10.6. The minimum atomic E-state index is -1.03. The van der Waals surface area contributed by atoms with E-state index in [4.69, 9.17) is 14.2 Å². The zero-order chi connectivity index (χ0) is 28.3.